The van der Waals surface area contributed by atoms with Crippen LogP contribution < -0.4 is 5.32 Å². The highest BCUT2D eigenvalue weighted by molar-refractivity contribution is 5.60. The van der Waals surface area contributed by atoms with E-state index in [9.17, 15) is 0 Å². The van der Waals surface area contributed by atoms with Gasteiger partial charge in [-0.25, -0.2) is 4.68 Å². The second-order valence-electron chi connectivity index (χ2n) is 3.90. The predicted octanol–water partition coefficient (Wildman–Crippen LogP) is 2.21. The van der Waals surface area contributed by atoms with Crippen molar-refractivity contribution in [2.75, 3.05) is 5.32 Å². The topological polar surface area (TPSA) is 58.5 Å². The van der Waals surface area contributed by atoms with Crippen LogP contribution in [-0.4, -0.2) is 20.0 Å². The number of aromatic nitrogens is 4. The molecule has 2 N–H and O–H groups in total. The molecule has 3 rings (SSSR count). The Kier molecular flexibility index (Phi) is 2.79. The van der Waals surface area contributed by atoms with Crippen LogP contribution in [0.1, 0.15) is 5.69 Å². The molecule has 0 aliphatic carbocycles. The van der Waals surface area contributed by atoms with Crippen molar-refractivity contribution in [2.45, 2.75) is 6.54 Å². The molecule has 18 heavy (non-hydrogen) atoms. The Hall–Kier alpha value is -2.56. The van der Waals surface area contributed by atoms with Gasteiger partial charge in [-0.15, -0.1) is 0 Å². The number of para-hydroxylation sites is 2. The van der Waals surface area contributed by atoms with E-state index in [1.807, 2.05) is 47.3 Å². The van der Waals surface area contributed by atoms with Crippen molar-refractivity contribution in [3.8, 4) is 5.69 Å². The lowest BCUT2D eigenvalue weighted by Crippen LogP contribution is -2.05. The normalized spacial score (nSPS) is 10.4. The van der Waals surface area contributed by atoms with E-state index in [0.717, 1.165) is 17.1 Å². The maximum absolute atomic E-state index is 4.25. The zero-order valence-electron chi connectivity index (χ0n) is 9.74. The molecule has 0 saturated heterocycles. The largest absolute Gasteiger partial charge is 0.378 e. The zero-order chi connectivity index (χ0) is 12.2. The second kappa shape index (κ2) is 4.75. The van der Waals surface area contributed by atoms with Crippen LogP contribution in [0.4, 0.5) is 5.69 Å². The van der Waals surface area contributed by atoms with Crippen LogP contribution in [0, 0.1) is 0 Å². The van der Waals surface area contributed by atoms with Gasteiger partial charge in [-0.1, -0.05) is 12.1 Å². The quantitative estimate of drug-likeness (QED) is 0.733. The molecule has 0 atom stereocenters. The Labute approximate surface area is 104 Å². The Balaban J connectivity index is 1.84. The van der Waals surface area contributed by atoms with Crippen molar-refractivity contribution >= 4 is 5.69 Å². The lowest BCUT2D eigenvalue weighted by atomic mass is 10.2. The number of benzene rings is 1. The van der Waals surface area contributed by atoms with Crippen molar-refractivity contribution in [1.82, 2.24) is 20.0 Å². The highest BCUT2D eigenvalue weighted by Crippen LogP contribution is 2.19. The number of anilines is 1. The number of rotatable bonds is 4. The second-order valence-corrected chi connectivity index (χ2v) is 3.90. The molecule has 0 aliphatic rings. The van der Waals surface area contributed by atoms with Gasteiger partial charge in [0.25, 0.3) is 0 Å². The summed E-state index contributed by atoms with van der Waals surface area (Å²) in [6.07, 6.45) is 5.44. The van der Waals surface area contributed by atoms with Gasteiger partial charge in [0.05, 0.1) is 23.6 Å². The highest BCUT2D eigenvalue weighted by atomic mass is 15.3. The van der Waals surface area contributed by atoms with E-state index in [4.69, 9.17) is 0 Å². The average molecular weight is 239 g/mol. The maximum Gasteiger partial charge on any atom is 0.0876 e. The van der Waals surface area contributed by atoms with Gasteiger partial charge in [-0.3, -0.25) is 5.10 Å². The van der Waals surface area contributed by atoms with E-state index in [-0.39, 0.29) is 0 Å². The van der Waals surface area contributed by atoms with Crippen LogP contribution in [-0.2, 0) is 6.54 Å². The van der Waals surface area contributed by atoms with Crippen LogP contribution in [0.2, 0.25) is 0 Å². The van der Waals surface area contributed by atoms with Crippen LogP contribution in [0.25, 0.3) is 5.69 Å². The van der Waals surface area contributed by atoms with Crippen LogP contribution in [0.5, 0.6) is 0 Å². The third kappa shape index (κ3) is 2.10. The monoisotopic (exact) mass is 239 g/mol. The molecule has 0 fully saturated rings. The molecule has 0 amide bonds. The van der Waals surface area contributed by atoms with E-state index in [1.165, 1.54) is 0 Å². The first kappa shape index (κ1) is 10.6. The third-order valence-electron chi connectivity index (χ3n) is 2.68. The molecule has 1 aromatic carbocycles. The summed E-state index contributed by atoms with van der Waals surface area (Å²) in [6.45, 7) is 0.707. The summed E-state index contributed by atoms with van der Waals surface area (Å²) in [6, 6.07) is 11.9. The molecule has 0 spiro atoms. The van der Waals surface area contributed by atoms with Gasteiger partial charge in [0, 0.05) is 18.6 Å². The smallest absolute Gasteiger partial charge is 0.0876 e. The van der Waals surface area contributed by atoms with Gasteiger partial charge in [0.1, 0.15) is 0 Å². The van der Waals surface area contributed by atoms with Gasteiger partial charge in [0.2, 0.25) is 0 Å². The van der Waals surface area contributed by atoms with Crippen molar-refractivity contribution in [2.24, 2.45) is 0 Å². The molecule has 2 heterocycles. The van der Waals surface area contributed by atoms with E-state index in [2.05, 4.69) is 20.6 Å². The Morgan fingerprint density at radius 3 is 2.83 bits per heavy atom. The summed E-state index contributed by atoms with van der Waals surface area (Å²) in [7, 11) is 0. The first-order chi connectivity index (χ1) is 8.93. The zero-order valence-corrected chi connectivity index (χ0v) is 9.74. The fourth-order valence-corrected chi connectivity index (χ4v) is 1.81. The number of hydrogen-bond donors (Lipinski definition) is 2. The minimum Gasteiger partial charge on any atom is -0.378 e. The molecule has 5 nitrogen and oxygen atoms in total. The number of aromatic amines is 1. The molecule has 0 aliphatic heterocycles. The van der Waals surface area contributed by atoms with Crippen molar-refractivity contribution < 1.29 is 0 Å². The van der Waals surface area contributed by atoms with Gasteiger partial charge in [-0.2, -0.15) is 10.2 Å². The fraction of sp³-hybridized carbons (Fsp3) is 0.0769. The molecule has 0 saturated carbocycles. The van der Waals surface area contributed by atoms with Crippen LogP contribution in [0.15, 0.2) is 55.0 Å². The first-order valence-corrected chi connectivity index (χ1v) is 5.74. The molecule has 0 unspecified atom stereocenters. The molecular formula is C13H13N5. The number of H-pyrrole nitrogens is 1. The molecule has 2 aromatic heterocycles. The van der Waals surface area contributed by atoms with Crippen LogP contribution in [0.3, 0.4) is 0 Å². The Morgan fingerprint density at radius 1 is 1.11 bits per heavy atom. The Bertz CT molecular complexity index is 598. The predicted molar refractivity (Wildman–Crippen MR) is 69.5 cm³/mol. The molecule has 90 valence electrons. The van der Waals surface area contributed by atoms with Gasteiger partial charge >= 0.3 is 0 Å². The Morgan fingerprint density at radius 2 is 2.06 bits per heavy atom. The first-order valence-electron chi connectivity index (χ1n) is 5.74. The summed E-state index contributed by atoms with van der Waals surface area (Å²) in [5.41, 5.74) is 3.11. The number of nitrogens with one attached hydrogen (secondary N) is 2. The van der Waals surface area contributed by atoms with Gasteiger partial charge < -0.3 is 5.32 Å². The average Bonchev–Trinajstić information content (AvgIpc) is 3.10. The minimum atomic E-state index is 0.707. The lowest BCUT2D eigenvalue weighted by molar-refractivity contribution is 0.877. The standard InChI is InChI=1S/C13H13N5/c1-2-5-13(18-9-3-7-16-18)12(4-1)14-10-11-6-8-15-17-11/h1-9,14H,10H2,(H,15,17). The van der Waals surface area contributed by atoms with Crippen LogP contribution >= 0.6 is 0 Å². The molecule has 5 heteroatoms. The van der Waals surface area contributed by atoms with E-state index in [1.54, 1.807) is 12.4 Å². The fourth-order valence-electron chi connectivity index (χ4n) is 1.81. The van der Waals surface area contributed by atoms with Crippen molar-refractivity contribution in [3.05, 3.63) is 60.7 Å². The summed E-state index contributed by atoms with van der Waals surface area (Å²) in [5.74, 6) is 0. The minimum absolute atomic E-state index is 0.707. The number of nitrogens with zero attached hydrogens (tertiary/aromatic N) is 3. The lowest BCUT2D eigenvalue weighted by Gasteiger charge is -2.11. The summed E-state index contributed by atoms with van der Waals surface area (Å²) in [4.78, 5) is 0. The van der Waals surface area contributed by atoms with E-state index < -0.39 is 0 Å². The van der Waals surface area contributed by atoms with Gasteiger partial charge in [0.15, 0.2) is 0 Å². The molecule has 0 radical (unpaired) electrons. The van der Waals surface area contributed by atoms with Gasteiger partial charge in [-0.05, 0) is 24.3 Å². The van der Waals surface area contributed by atoms with Crippen molar-refractivity contribution in [3.63, 3.8) is 0 Å². The number of hydrogen-bond acceptors (Lipinski definition) is 3. The summed E-state index contributed by atoms with van der Waals surface area (Å²) in [5, 5.41) is 14.5. The molecule has 0 bridgehead atoms. The molecular weight excluding hydrogens is 226 g/mol. The molecule has 3 aromatic rings. The summed E-state index contributed by atoms with van der Waals surface area (Å²) < 4.78 is 1.84. The van der Waals surface area contributed by atoms with E-state index in [0.29, 0.717) is 6.54 Å². The van der Waals surface area contributed by atoms with Crippen molar-refractivity contribution in [1.29, 1.82) is 0 Å². The SMILES string of the molecule is c1ccc(-n2cccn2)c(NCc2ccn[nH]2)c1. The third-order valence-corrected chi connectivity index (χ3v) is 2.68. The summed E-state index contributed by atoms with van der Waals surface area (Å²) >= 11 is 0. The maximum atomic E-state index is 4.25. The van der Waals surface area contributed by atoms with E-state index >= 15 is 0 Å². The highest BCUT2D eigenvalue weighted by Gasteiger charge is 2.03.